The summed E-state index contributed by atoms with van der Waals surface area (Å²) in [7, 11) is 0. The van der Waals surface area contributed by atoms with Gasteiger partial charge in [0.05, 0.1) is 0 Å². The zero-order chi connectivity index (χ0) is 13.2. The minimum atomic E-state index is 0.444. The van der Waals surface area contributed by atoms with Gasteiger partial charge in [-0.2, -0.15) is 0 Å². The zero-order valence-corrected chi connectivity index (χ0v) is 12.8. The second kappa shape index (κ2) is 3.75. The van der Waals surface area contributed by atoms with Crippen LogP contribution in [0, 0.1) is 28.1 Å². The summed E-state index contributed by atoms with van der Waals surface area (Å²) in [6, 6.07) is 0.444. The number of hydrogen-bond acceptors (Lipinski definition) is 1. The smallest absolute Gasteiger partial charge is 0.00985 e. The number of hydrogen-bond donors (Lipinski definition) is 1. The molecule has 0 heterocycles. The first-order chi connectivity index (χ1) is 8.24. The van der Waals surface area contributed by atoms with Crippen LogP contribution in [0.5, 0.6) is 0 Å². The lowest BCUT2D eigenvalue weighted by Gasteiger charge is -2.67. The molecule has 4 saturated carbocycles. The van der Waals surface area contributed by atoms with Crippen molar-refractivity contribution in [2.24, 2.45) is 33.8 Å². The van der Waals surface area contributed by atoms with Crippen molar-refractivity contribution in [3.05, 3.63) is 0 Å². The summed E-state index contributed by atoms with van der Waals surface area (Å²) in [5, 5.41) is 0. The maximum absolute atomic E-state index is 6.69. The van der Waals surface area contributed by atoms with E-state index in [9.17, 15) is 0 Å². The van der Waals surface area contributed by atoms with Crippen molar-refractivity contribution in [2.45, 2.75) is 78.7 Å². The highest BCUT2D eigenvalue weighted by atomic mass is 14.8. The Balaban J connectivity index is 1.89. The summed E-state index contributed by atoms with van der Waals surface area (Å²) < 4.78 is 0. The third-order valence-corrected chi connectivity index (χ3v) is 6.18. The van der Waals surface area contributed by atoms with Crippen molar-refractivity contribution in [2.75, 3.05) is 0 Å². The lowest BCUT2D eigenvalue weighted by molar-refractivity contribution is -0.155. The Morgan fingerprint density at radius 1 is 1.00 bits per heavy atom. The van der Waals surface area contributed by atoms with Crippen molar-refractivity contribution < 1.29 is 0 Å². The highest BCUT2D eigenvalue weighted by Crippen LogP contribution is 2.70. The third-order valence-electron chi connectivity index (χ3n) is 6.18. The second-order valence-electron chi connectivity index (χ2n) is 9.23. The van der Waals surface area contributed by atoms with Crippen LogP contribution in [0.15, 0.2) is 0 Å². The van der Waals surface area contributed by atoms with Crippen LogP contribution in [0.25, 0.3) is 0 Å². The van der Waals surface area contributed by atoms with E-state index in [0.717, 1.165) is 11.8 Å². The number of rotatable bonds is 3. The molecule has 0 aliphatic heterocycles. The molecule has 4 bridgehead atoms. The highest BCUT2D eigenvalue weighted by molar-refractivity contribution is 5.13. The zero-order valence-electron chi connectivity index (χ0n) is 12.8. The molecule has 1 heteroatoms. The Morgan fingerprint density at radius 3 is 2.00 bits per heavy atom. The molecule has 4 rings (SSSR count). The van der Waals surface area contributed by atoms with Gasteiger partial charge in [0.2, 0.25) is 0 Å². The van der Waals surface area contributed by atoms with Crippen LogP contribution in [0.1, 0.15) is 72.6 Å². The van der Waals surface area contributed by atoms with Crippen molar-refractivity contribution in [1.29, 1.82) is 0 Å². The van der Waals surface area contributed by atoms with E-state index in [4.69, 9.17) is 5.73 Å². The van der Waals surface area contributed by atoms with E-state index in [1.54, 1.807) is 0 Å². The van der Waals surface area contributed by atoms with Gasteiger partial charge in [0.25, 0.3) is 0 Å². The van der Waals surface area contributed by atoms with Crippen LogP contribution in [0.4, 0.5) is 0 Å². The van der Waals surface area contributed by atoms with Crippen LogP contribution in [0.3, 0.4) is 0 Å². The van der Waals surface area contributed by atoms with Gasteiger partial charge in [-0.15, -0.1) is 0 Å². The van der Waals surface area contributed by atoms with Crippen LogP contribution < -0.4 is 5.73 Å². The molecule has 3 unspecified atom stereocenters. The Labute approximate surface area is 113 Å². The molecule has 4 fully saturated rings. The molecule has 0 aromatic carbocycles. The fourth-order valence-corrected chi connectivity index (χ4v) is 6.71. The molecule has 4 aliphatic carbocycles. The predicted molar refractivity (Wildman–Crippen MR) is 77.3 cm³/mol. The van der Waals surface area contributed by atoms with Gasteiger partial charge in [0.1, 0.15) is 0 Å². The predicted octanol–water partition coefficient (Wildman–Crippen LogP) is 4.36. The van der Waals surface area contributed by atoms with Crippen molar-refractivity contribution >= 4 is 0 Å². The van der Waals surface area contributed by atoms with Gasteiger partial charge < -0.3 is 5.73 Å². The molecule has 0 radical (unpaired) electrons. The normalized spacial score (nSPS) is 52.0. The Bertz CT molecular complexity index is 328. The summed E-state index contributed by atoms with van der Waals surface area (Å²) in [5.74, 6) is 1.73. The third kappa shape index (κ3) is 1.94. The van der Waals surface area contributed by atoms with E-state index in [0.29, 0.717) is 22.3 Å². The van der Waals surface area contributed by atoms with Crippen molar-refractivity contribution in [3.63, 3.8) is 0 Å². The quantitative estimate of drug-likeness (QED) is 0.790. The van der Waals surface area contributed by atoms with Gasteiger partial charge in [-0.3, -0.25) is 0 Å². The Morgan fingerprint density at radius 2 is 1.56 bits per heavy atom. The molecule has 4 aliphatic rings. The molecule has 0 aromatic rings. The Hall–Kier alpha value is -0.0400. The maximum Gasteiger partial charge on any atom is 0.00985 e. The molecule has 0 spiro atoms. The summed E-state index contributed by atoms with van der Waals surface area (Å²) in [4.78, 5) is 0. The van der Waals surface area contributed by atoms with Crippen molar-refractivity contribution in [3.8, 4) is 0 Å². The highest BCUT2D eigenvalue weighted by Gasteiger charge is 2.61. The molecule has 2 N–H and O–H groups in total. The molecular formula is C17H31N. The molecule has 0 amide bonds. The summed E-state index contributed by atoms with van der Waals surface area (Å²) in [6.07, 6.45) is 9.93. The summed E-state index contributed by atoms with van der Waals surface area (Å²) in [6.45, 7) is 9.74. The molecular weight excluding hydrogens is 218 g/mol. The lowest BCUT2D eigenvalue weighted by atomic mass is 9.39. The van der Waals surface area contributed by atoms with Crippen molar-refractivity contribution in [1.82, 2.24) is 0 Å². The van der Waals surface area contributed by atoms with Gasteiger partial charge in [-0.05, 0) is 73.0 Å². The van der Waals surface area contributed by atoms with Crippen LogP contribution in [-0.2, 0) is 0 Å². The molecule has 18 heavy (non-hydrogen) atoms. The van der Waals surface area contributed by atoms with E-state index >= 15 is 0 Å². The van der Waals surface area contributed by atoms with Gasteiger partial charge in [0.15, 0.2) is 0 Å². The summed E-state index contributed by atoms with van der Waals surface area (Å²) in [5.41, 5.74) is 8.41. The average Bonchev–Trinajstić information content (AvgIpc) is 2.09. The molecule has 3 atom stereocenters. The molecule has 1 nitrogen and oxygen atoms in total. The first-order valence-electron chi connectivity index (χ1n) is 8.00. The van der Waals surface area contributed by atoms with Gasteiger partial charge >= 0.3 is 0 Å². The first kappa shape index (κ1) is 13.0. The van der Waals surface area contributed by atoms with E-state index in [1.165, 1.54) is 44.9 Å². The number of nitrogens with two attached hydrogens (primary N) is 1. The van der Waals surface area contributed by atoms with E-state index < -0.39 is 0 Å². The van der Waals surface area contributed by atoms with Crippen LogP contribution in [0.2, 0.25) is 0 Å². The molecule has 0 saturated heterocycles. The first-order valence-corrected chi connectivity index (χ1v) is 8.00. The SMILES string of the molecule is CC(C)CC(N)C12CC3CC(C)(CC(C)(C3)C1)C2. The van der Waals surface area contributed by atoms with Crippen LogP contribution in [-0.4, -0.2) is 6.04 Å². The topological polar surface area (TPSA) is 26.0 Å². The van der Waals surface area contributed by atoms with E-state index in [2.05, 4.69) is 27.7 Å². The molecule has 104 valence electrons. The monoisotopic (exact) mass is 249 g/mol. The Kier molecular flexibility index (Phi) is 2.70. The summed E-state index contributed by atoms with van der Waals surface area (Å²) >= 11 is 0. The second-order valence-corrected chi connectivity index (χ2v) is 9.23. The average molecular weight is 249 g/mol. The maximum atomic E-state index is 6.69. The lowest BCUT2D eigenvalue weighted by Crippen LogP contribution is -2.60. The minimum absolute atomic E-state index is 0.444. The van der Waals surface area contributed by atoms with Gasteiger partial charge in [0, 0.05) is 6.04 Å². The van der Waals surface area contributed by atoms with Gasteiger partial charge in [-0.1, -0.05) is 27.7 Å². The van der Waals surface area contributed by atoms with E-state index in [1.807, 2.05) is 0 Å². The van der Waals surface area contributed by atoms with Crippen LogP contribution >= 0.6 is 0 Å². The molecule has 0 aromatic heterocycles. The minimum Gasteiger partial charge on any atom is -0.327 e. The van der Waals surface area contributed by atoms with E-state index in [-0.39, 0.29) is 0 Å². The fraction of sp³-hybridized carbons (Fsp3) is 1.00. The fourth-order valence-electron chi connectivity index (χ4n) is 6.71. The van der Waals surface area contributed by atoms with Gasteiger partial charge in [-0.25, -0.2) is 0 Å². The standard InChI is InChI=1S/C17H31N/c1-12(2)5-14(18)17-8-13-6-15(3,10-17)9-16(4,7-13)11-17/h12-14H,5-11,18H2,1-4H3. The largest absolute Gasteiger partial charge is 0.327 e.